The van der Waals surface area contributed by atoms with Crippen LogP contribution in [0.25, 0.3) is 0 Å². The summed E-state index contributed by atoms with van der Waals surface area (Å²) < 4.78 is 11.1. The van der Waals surface area contributed by atoms with Gasteiger partial charge in [-0.05, 0) is 25.7 Å². The van der Waals surface area contributed by atoms with Crippen LogP contribution in [0.3, 0.4) is 0 Å². The summed E-state index contributed by atoms with van der Waals surface area (Å²) in [5, 5.41) is 14.2. The summed E-state index contributed by atoms with van der Waals surface area (Å²) in [6.07, 6.45) is 7.37. The van der Waals surface area contributed by atoms with Gasteiger partial charge in [0.15, 0.2) is 0 Å². The lowest BCUT2D eigenvalue weighted by Crippen LogP contribution is -2.50. The van der Waals surface area contributed by atoms with E-state index in [1.807, 2.05) is 6.20 Å². The molecule has 3 aliphatic rings. The quantitative estimate of drug-likeness (QED) is 0.918. The minimum atomic E-state index is -0.162. The Balaban J connectivity index is 1.49. The van der Waals surface area contributed by atoms with Crippen LogP contribution in [0, 0.1) is 5.92 Å². The predicted molar refractivity (Wildman–Crippen MR) is 76.8 cm³/mol. The van der Waals surface area contributed by atoms with E-state index in [4.69, 9.17) is 9.26 Å². The molecule has 3 atom stereocenters. The minimum absolute atomic E-state index is 0.162. The highest BCUT2D eigenvalue weighted by Crippen LogP contribution is 2.42. The SMILES string of the molecule is OC1CCCC1C1COCCN1Cc1cnoc1C1CC1. The maximum Gasteiger partial charge on any atom is 0.144 e. The minimum Gasteiger partial charge on any atom is -0.393 e. The first kappa shape index (κ1) is 13.7. The van der Waals surface area contributed by atoms with E-state index in [1.165, 1.54) is 18.4 Å². The average Bonchev–Trinajstić information content (AvgIpc) is 3.09. The number of nitrogens with zero attached hydrogens (tertiary/aromatic N) is 2. The molecule has 5 nitrogen and oxygen atoms in total. The molecule has 0 aromatic carbocycles. The van der Waals surface area contributed by atoms with Crippen LogP contribution in [0.4, 0.5) is 0 Å². The lowest BCUT2D eigenvalue weighted by molar-refractivity contribution is -0.0538. The highest BCUT2D eigenvalue weighted by Gasteiger charge is 2.38. The van der Waals surface area contributed by atoms with Crippen LogP contribution < -0.4 is 0 Å². The molecule has 5 heteroatoms. The number of hydrogen-bond donors (Lipinski definition) is 1. The molecule has 1 aromatic rings. The first-order valence-electron chi connectivity index (χ1n) is 8.26. The topological polar surface area (TPSA) is 58.7 Å². The third-order valence-corrected chi connectivity index (χ3v) is 5.30. The normalized spacial score (nSPS) is 34.4. The number of rotatable bonds is 4. The van der Waals surface area contributed by atoms with Gasteiger partial charge in [-0.15, -0.1) is 0 Å². The molecule has 4 rings (SSSR count). The molecule has 2 heterocycles. The smallest absolute Gasteiger partial charge is 0.144 e. The van der Waals surface area contributed by atoms with Crippen LogP contribution in [0.5, 0.6) is 0 Å². The zero-order valence-corrected chi connectivity index (χ0v) is 12.4. The Morgan fingerprint density at radius 2 is 2.19 bits per heavy atom. The first-order valence-corrected chi connectivity index (χ1v) is 8.26. The number of aromatic nitrogens is 1. The van der Waals surface area contributed by atoms with E-state index >= 15 is 0 Å². The van der Waals surface area contributed by atoms with Gasteiger partial charge in [-0.25, -0.2) is 0 Å². The number of aliphatic hydroxyl groups is 1. The van der Waals surface area contributed by atoms with Crippen molar-refractivity contribution in [1.29, 1.82) is 0 Å². The Morgan fingerprint density at radius 1 is 1.29 bits per heavy atom. The summed E-state index contributed by atoms with van der Waals surface area (Å²) in [5.41, 5.74) is 1.23. The van der Waals surface area contributed by atoms with E-state index < -0.39 is 0 Å². The van der Waals surface area contributed by atoms with Crippen LogP contribution in [-0.4, -0.2) is 47.1 Å². The summed E-state index contributed by atoms with van der Waals surface area (Å²) in [6.45, 7) is 3.34. The fourth-order valence-electron chi connectivity index (χ4n) is 3.95. The van der Waals surface area contributed by atoms with Crippen molar-refractivity contribution in [3.05, 3.63) is 17.5 Å². The van der Waals surface area contributed by atoms with Crippen molar-refractivity contribution in [3.8, 4) is 0 Å². The molecule has 1 N–H and O–H groups in total. The Labute approximate surface area is 125 Å². The van der Waals surface area contributed by atoms with E-state index in [-0.39, 0.29) is 6.10 Å². The summed E-state index contributed by atoms with van der Waals surface area (Å²) >= 11 is 0. The van der Waals surface area contributed by atoms with Gasteiger partial charge >= 0.3 is 0 Å². The van der Waals surface area contributed by atoms with Crippen molar-refractivity contribution in [1.82, 2.24) is 10.1 Å². The predicted octanol–water partition coefficient (Wildman–Crippen LogP) is 1.91. The Hall–Kier alpha value is -0.910. The van der Waals surface area contributed by atoms with E-state index in [2.05, 4.69) is 10.1 Å². The van der Waals surface area contributed by atoms with E-state index in [0.29, 0.717) is 17.9 Å². The molecule has 3 fully saturated rings. The van der Waals surface area contributed by atoms with Gasteiger partial charge in [0, 0.05) is 36.5 Å². The molecule has 1 saturated heterocycles. The molecule has 1 aromatic heterocycles. The summed E-state index contributed by atoms with van der Waals surface area (Å²) in [6, 6.07) is 0.332. The van der Waals surface area contributed by atoms with Gasteiger partial charge in [-0.3, -0.25) is 4.90 Å². The van der Waals surface area contributed by atoms with Gasteiger partial charge in [0.1, 0.15) is 5.76 Å². The van der Waals surface area contributed by atoms with Gasteiger partial charge in [0.05, 0.1) is 25.5 Å². The molecule has 0 amide bonds. The lowest BCUT2D eigenvalue weighted by Gasteiger charge is -2.40. The molecule has 0 bridgehead atoms. The first-order chi connectivity index (χ1) is 10.3. The number of ether oxygens (including phenoxy) is 1. The van der Waals surface area contributed by atoms with Crippen molar-refractivity contribution < 1.29 is 14.4 Å². The standard InChI is InChI=1S/C16H24N2O3/c19-15-3-1-2-13(15)14-10-20-7-6-18(14)9-12-8-17-21-16(12)11-4-5-11/h8,11,13-15,19H,1-7,9-10H2. The highest BCUT2D eigenvalue weighted by molar-refractivity contribution is 5.21. The van der Waals surface area contributed by atoms with Crippen LogP contribution >= 0.6 is 0 Å². The monoisotopic (exact) mass is 292 g/mol. The molecule has 3 unspecified atom stereocenters. The zero-order chi connectivity index (χ0) is 14.2. The highest BCUT2D eigenvalue weighted by atomic mass is 16.5. The second-order valence-corrected chi connectivity index (χ2v) is 6.76. The third kappa shape index (κ3) is 2.74. The lowest BCUT2D eigenvalue weighted by atomic mass is 9.94. The molecule has 0 spiro atoms. The van der Waals surface area contributed by atoms with Crippen molar-refractivity contribution in [2.24, 2.45) is 5.92 Å². The van der Waals surface area contributed by atoms with Crippen LogP contribution in [0.2, 0.25) is 0 Å². The summed E-state index contributed by atoms with van der Waals surface area (Å²) in [7, 11) is 0. The van der Waals surface area contributed by atoms with Gasteiger partial charge in [0.25, 0.3) is 0 Å². The summed E-state index contributed by atoms with van der Waals surface area (Å²) in [5.74, 6) is 2.04. The Kier molecular flexibility index (Phi) is 3.73. The molecule has 21 heavy (non-hydrogen) atoms. The fourth-order valence-corrected chi connectivity index (χ4v) is 3.95. The number of morpholine rings is 1. The molecular weight excluding hydrogens is 268 g/mol. The second-order valence-electron chi connectivity index (χ2n) is 6.76. The van der Waals surface area contributed by atoms with Crippen molar-refractivity contribution in [3.63, 3.8) is 0 Å². The third-order valence-electron chi connectivity index (χ3n) is 5.30. The van der Waals surface area contributed by atoms with E-state index in [9.17, 15) is 5.11 Å². The average molecular weight is 292 g/mol. The van der Waals surface area contributed by atoms with Crippen molar-refractivity contribution >= 4 is 0 Å². The molecule has 0 radical (unpaired) electrons. The largest absolute Gasteiger partial charge is 0.393 e. The van der Waals surface area contributed by atoms with Gasteiger partial charge in [0.2, 0.25) is 0 Å². The molecule has 1 aliphatic heterocycles. The molecular formula is C16H24N2O3. The van der Waals surface area contributed by atoms with Crippen LogP contribution in [-0.2, 0) is 11.3 Å². The van der Waals surface area contributed by atoms with E-state index in [1.54, 1.807) is 0 Å². The Morgan fingerprint density at radius 3 is 2.95 bits per heavy atom. The molecule has 2 aliphatic carbocycles. The van der Waals surface area contributed by atoms with Gasteiger partial charge in [-0.1, -0.05) is 11.6 Å². The number of aliphatic hydroxyl groups excluding tert-OH is 1. The number of hydrogen-bond acceptors (Lipinski definition) is 5. The molecule has 2 saturated carbocycles. The molecule has 116 valence electrons. The van der Waals surface area contributed by atoms with E-state index in [0.717, 1.165) is 51.3 Å². The summed E-state index contributed by atoms with van der Waals surface area (Å²) in [4.78, 5) is 2.47. The van der Waals surface area contributed by atoms with Crippen LogP contribution in [0.15, 0.2) is 10.7 Å². The maximum atomic E-state index is 10.2. The van der Waals surface area contributed by atoms with Crippen molar-refractivity contribution in [2.45, 2.75) is 56.7 Å². The van der Waals surface area contributed by atoms with Crippen molar-refractivity contribution in [2.75, 3.05) is 19.8 Å². The van der Waals surface area contributed by atoms with Crippen LogP contribution in [0.1, 0.15) is 49.3 Å². The fraction of sp³-hybridized carbons (Fsp3) is 0.812. The Bertz CT molecular complexity index is 486. The second kappa shape index (κ2) is 5.71. The van der Waals surface area contributed by atoms with Gasteiger partial charge < -0.3 is 14.4 Å². The zero-order valence-electron chi connectivity index (χ0n) is 12.4. The maximum absolute atomic E-state index is 10.2. The van der Waals surface area contributed by atoms with Gasteiger partial charge in [-0.2, -0.15) is 0 Å².